The van der Waals surface area contributed by atoms with Gasteiger partial charge in [-0.3, -0.25) is 34.7 Å². The summed E-state index contributed by atoms with van der Waals surface area (Å²) in [7, 11) is 0. The van der Waals surface area contributed by atoms with Crippen molar-refractivity contribution in [3.05, 3.63) is 116 Å². The number of rotatable bonds is 5. The highest BCUT2D eigenvalue weighted by molar-refractivity contribution is 6.51. The van der Waals surface area contributed by atoms with Crippen molar-refractivity contribution in [3.63, 3.8) is 0 Å². The second kappa shape index (κ2) is 8.35. The summed E-state index contributed by atoms with van der Waals surface area (Å²) in [5, 5.41) is 33.5. The van der Waals surface area contributed by atoms with Crippen LogP contribution in [-0.4, -0.2) is 26.6 Å². The van der Waals surface area contributed by atoms with Crippen molar-refractivity contribution in [3.8, 4) is 0 Å². The van der Waals surface area contributed by atoms with E-state index in [2.05, 4.69) is 0 Å². The van der Waals surface area contributed by atoms with Gasteiger partial charge in [0.25, 0.3) is 23.1 Å². The van der Waals surface area contributed by atoms with Gasteiger partial charge in [0.05, 0.1) is 27.1 Å². The van der Waals surface area contributed by atoms with E-state index in [0.717, 1.165) is 11.0 Å². The van der Waals surface area contributed by atoms with E-state index in [-0.39, 0.29) is 33.8 Å². The third-order valence-corrected chi connectivity index (χ3v) is 5.21. The van der Waals surface area contributed by atoms with Crippen molar-refractivity contribution >= 4 is 34.5 Å². The van der Waals surface area contributed by atoms with E-state index in [1.54, 1.807) is 30.3 Å². The summed E-state index contributed by atoms with van der Waals surface area (Å²) in [6.45, 7) is 0. The molecule has 10 nitrogen and oxygen atoms in total. The Morgan fingerprint density at radius 3 is 2.06 bits per heavy atom. The van der Waals surface area contributed by atoms with Gasteiger partial charge < -0.3 is 5.11 Å². The van der Waals surface area contributed by atoms with Gasteiger partial charge in [0, 0.05) is 29.8 Å². The summed E-state index contributed by atoms with van der Waals surface area (Å²) in [6, 6.07) is 17.2. The molecule has 1 aliphatic heterocycles. The number of aliphatic hydroxyl groups excluding tert-OH is 1. The summed E-state index contributed by atoms with van der Waals surface area (Å²) in [5.41, 5.74) is -0.377. The lowest BCUT2D eigenvalue weighted by Crippen LogP contribution is -2.29. The normalized spacial score (nSPS) is 17.2. The molecule has 0 aromatic heterocycles. The number of non-ortho nitro benzene ring substituents is 2. The van der Waals surface area contributed by atoms with Gasteiger partial charge in [-0.2, -0.15) is 0 Å². The first-order chi connectivity index (χ1) is 15.8. The Morgan fingerprint density at radius 1 is 0.818 bits per heavy atom. The van der Waals surface area contributed by atoms with E-state index in [1.165, 1.54) is 42.5 Å². The fourth-order valence-electron chi connectivity index (χ4n) is 3.73. The van der Waals surface area contributed by atoms with Crippen LogP contribution < -0.4 is 4.90 Å². The number of Topliss-reactive ketones (excluding diaryl/α,β-unsaturated/α-hetero) is 1. The van der Waals surface area contributed by atoms with Gasteiger partial charge in [0.15, 0.2) is 0 Å². The number of hydrogen-bond acceptors (Lipinski definition) is 7. The second-order valence-electron chi connectivity index (χ2n) is 7.16. The Labute approximate surface area is 186 Å². The van der Waals surface area contributed by atoms with Crippen LogP contribution >= 0.6 is 0 Å². The number of amides is 1. The monoisotopic (exact) mass is 445 g/mol. The first-order valence-electron chi connectivity index (χ1n) is 9.65. The smallest absolute Gasteiger partial charge is 0.300 e. The molecular formula is C23H15N3O7. The Balaban J connectivity index is 1.98. The summed E-state index contributed by atoms with van der Waals surface area (Å²) >= 11 is 0. The lowest BCUT2D eigenvalue weighted by molar-refractivity contribution is -0.385. The number of nitro benzene ring substituents is 2. The van der Waals surface area contributed by atoms with Crippen LogP contribution in [0.15, 0.2) is 84.4 Å². The lowest BCUT2D eigenvalue weighted by atomic mass is 9.95. The van der Waals surface area contributed by atoms with E-state index in [1.807, 2.05) is 0 Å². The molecule has 4 rings (SSSR count). The fraction of sp³-hybridized carbons (Fsp3) is 0.0435. The third-order valence-electron chi connectivity index (χ3n) is 5.21. The molecule has 1 heterocycles. The number of carbonyl (C=O) groups excluding carboxylic acids is 2. The molecule has 10 heteroatoms. The molecular weight excluding hydrogens is 430 g/mol. The summed E-state index contributed by atoms with van der Waals surface area (Å²) in [5.74, 6) is -2.50. The molecule has 0 bridgehead atoms. The van der Waals surface area contributed by atoms with E-state index >= 15 is 0 Å². The average molecular weight is 445 g/mol. The highest BCUT2D eigenvalue weighted by Crippen LogP contribution is 2.43. The van der Waals surface area contributed by atoms with Gasteiger partial charge in [-0.25, -0.2) is 0 Å². The highest BCUT2D eigenvalue weighted by Gasteiger charge is 2.47. The standard InChI is InChI=1S/C23H15N3O7/c27-21(14-6-2-1-3-7-14)19-20(15-8-4-10-17(12-15)25(30)31)24(23(29)22(19)28)16-9-5-11-18(13-16)26(32)33/h1-13,20,27H/b21-19+/t20-/m1/s1. The third kappa shape index (κ3) is 3.81. The van der Waals surface area contributed by atoms with Crippen molar-refractivity contribution in [1.29, 1.82) is 0 Å². The van der Waals surface area contributed by atoms with Crippen LogP contribution in [0, 0.1) is 20.2 Å². The maximum absolute atomic E-state index is 13.1. The van der Waals surface area contributed by atoms with Crippen LogP contribution in [0.1, 0.15) is 17.2 Å². The predicted molar refractivity (Wildman–Crippen MR) is 117 cm³/mol. The Kier molecular flexibility index (Phi) is 5.41. The molecule has 1 aliphatic rings. The molecule has 164 valence electrons. The van der Waals surface area contributed by atoms with Gasteiger partial charge in [-0.15, -0.1) is 0 Å². The van der Waals surface area contributed by atoms with Gasteiger partial charge in [-0.1, -0.05) is 48.5 Å². The fourth-order valence-corrected chi connectivity index (χ4v) is 3.73. The van der Waals surface area contributed by atoms with Crippen LogP contribution in [0.3, 0.4) is 0 Å². The number of hydrogen-bond donors (Lipinski definition) is 1. The molecule has 33 heavy (non-hydrogen) atoms. The zero-order chi connectivity index (χ0) is 23.7. The van der Waals surface area contributed by atoms with E-state index < -0.39 is 33.3 Å². The summed E-state index contributed by atoms with van der Waals surface area (Å²) in [4.78, 5) is 48.4. The van der Waals surface area contributed by atoms with E-state index in [9.17, 15) is 34.9 Å². The summed E-state index contributed by atoms with van der Waals surface area (Å²) < 4.78 is 0. The molecule has 1 atom stereocenters. The maximum Gasteiger partial charge on any atom is 0.300 e. The number of anilines is 1. The van der Waals surface area contributed by atoms with Crippen molar-refractivity contribution in [1.82, 2.24) is 0 Å². The predicted octanol–water partition coefficient (Wildman–Crippen LogP) is 4.13. The second-order valence-corrected chi connectivity index (χ2v) is 7.16. The van der Waals surface area contributed by atoms with Crippen molar-refractivity contribution in [2.24, 2.45) is 0 Å². The van der Waals surface area contributed by atoms with Crippen molar-refractivity contribution in [2.45, 2.75) is 6.04 Å². The molecule has 1 saturated heterocycles. The molecule has 1 fully saturated rings. The van der Waals surface area contributed by atoms with Crippen LogP contribution in [0.4, 0.5) is 17.1 Å². The molecule has 1 N–H and O–H groups in total. The number of benzene rings is 3. The van der Waals surface area contributed by atoms with Crippen molar-refractivity contribution < 1.29 is 24.5 Å². The Hall–Kier alpha value is -4.86. The zero-order valence-corrected chi connectivity index (χ0v) is 16.8. The maximum atomic E-state index is 13.1. The molecule has 0 aliphatic carbocycles. The van der Waals surface area contributed by atoms with Gasteiger partial charge >= 0.3 is 0 Å². The SMILES string of the molecule is O=C1C(=O)N(c2cccc([N+](=O)[O-])c2)[C@H](c2cccc([N+](=O)[O-])c2)/C1=C(\O)c1ccccc1. The van der Waals surface area contributed by atoms with Crippen molar-refractivity contribution in [2.75, 3.05) is 4.90 Å². The number of ketones is 1. The lowest BCUT2D eigenvalue weighted by Gasteiger charge is -2.25. The minimum Gasteiger partial charge on any atom is -0.507 e. The molecule has 3 aromatic rings. The Bertz CT molecular complexity index is 1330. The average Bonchev–Trinajstić information content (AvgIpc) is 3.09. The van der Waals surface area contributed by atoms with Crippen LogP contribution in [0.5, 0.6) is 0 Å². The largest absolute Gasteiger partial charge is 0.507 e. The van der Waals surface area contributed by atoms with E-state index in [0.29, 0.717) is 0 Å². The first kappa shape index (κ1) is 21.4. The van der Waals surface area contributed by atoms with Gasteiger partial charge in [-0.05, 0) is 11.6 Å². The Morgan fingerprint density at radius 2 is 1.42 bits per heavy atom. The first-order valence-corrected chi connectivity index (χ1v) is 9.65. The van der Waals surface area contributed by atoms with Gasteiger partial charge in [0.2, 0.25) is 0 Å². The minimum absolute atomic E-state index is 0.0370. The number of nitrogens with zero attached hydrogens (tertiary/aromatic N) is 3. The molecule has 0 unspecified atom stereocenters. The molecule has 0 saturated carbocycles. The summed E-state index contributed by atoms with van der Waals surface area (Å²) in [6.07, 6.45) is 0. The van der Waals surface area contributed by atoms with Crippen LogP contribution in [-0.2, 0) is 9.59 Å². The van der Waals surface area contributed by atoms with Gasteiger partial charge in [0.1, 0.15) is 5.76 Å². The molecule has 1 amide bonds. The molecule has 0 spiro atoms. The quantitative estimate of drug-likeness (QED) is 0.204. The number of aliphatic hydroxyl groups is 1. The zero-order valence-electron chi connectivity index (χ0n) is 16.8. The minimum atomic E-state index is -1.24. The number of nitro groups is 2. The molecule has 3 aromatic carbocycles. The topological polar surface area (TPSA) is 144 Å². The van der Waals surface area contributed by atoms with Crippen LogP contribution in [0.2, 0.25) is 0 Å². The van der Waals surface area contributed by atoms with Crippen LogP contribution in [0.25, 0.3) is 5.76 Å². The highest BCUT2D eigenvalue weighted by atomic mass is 16.6. The number of carbonyl (C=O) groups is 2. The van der Waals surface area contributed by atoms with E-state index in [4.69, 9.17) is 0 Å². The molecule has 0 radical (unpaired) electrons.